The molecule has 1 aromatic heterocycles. The molecule has 1 fully saturated rings. The normalized spacial score (nSPS) is 19.0. The number of aliphatic imine (C=N–C) groups is 1. The van der Waals surface area contributed by atoms with E-state index in [2.05, 4.69) is 22.1 Å². The zero-order valence-electron chi connectivity index (χ0n) is 14.3. The first kappa shape index (κ1) is 17.7. The molecule has 1 amide bonds. The van der Waals surface area contributed by atoms with E-state index in [0.717, 1.165) is 49.1 Å². The number of aryl methyl sites for hydroxylation is 2. The van der Waals surface area contributed by atoms with Crippen molar-refractivity contribution in [3.05, 3.63) is 15.6 Å². The average Bonchev–Trinajstić information content (AvgIpc) is 2.81. The Morgan fingerprint density at radius 3 is 2.91 bits per heavy atom. The summed E-state index contributed by atoms with van der Waals surface area (Å²) in [4.78, 5) is 23.9. The van der Waals surface area contributed by atoms with Crippen molar-refractivity contribution in [1.29, 1.82) is 0 Å². The second kappa shape index (κ2) is 8.29. The van der Waals surface area contributed by atoms with Gasteiger partial charge in [-0.1, -0.05) is 0 Å². The lowest BCUT2D eigenvalue weighted by Crippen LogP contribution is -2.47. The summed E-state index contributed by atoms with van der Waals surface area (Å²) < 4.78 is 0. The zero-order chi connectivity index (χ0) is 16.8. The standard InChI is InChI=1S/C16H27N5OS/c1-4-18-16(19-9-14-11(2)20-12(3)23-14)21-7-5-6-13(10-21)8-15(17)22/h13H,4-10H2,1-3H3,(H2,17,22)(H,18,19). The summed E-state index contributed by atoms with van der Waals surface area (Å²) in [7, 11) is 0. The minimum Gasteiger partial charge on any atom is -0.370 e. The fourth-order valence-corrected chi connectivity index (χ4v) is 3.86. The molecule has 0 aromatic carbocycles. The van der Waals surface area contributed by atoms with Crippen molar-refractivity contribution in [3.8, 4) is 0 Å². The van der Waals surface area contributed by atoms with Gasteiger partial charge in [0.05, 0.1) is 17.2 Å². The van der Waals surface area contributed by atoms with Crippen LogP contribution in [0.25, 0.3) is 0 Å². The molecule has 0 saturated carbocycles. The number of nitrogens with two attached hydrogens (primary N) is 1. The highest BCUT2D eigenvalue weighted by atomic mass is 32.1. The molecule has 0 spiro atoms. The second-order valence-electron chi connectivity index (χ2n) is 6.04. The molecule has 0 bridgehead atoms. The summed E-state index contributed by atoms with van der Waals surface area (Å²) in [6.45, 7) is 9.42. The van der Waals surface area contributed by atoms with Gasteiger partial charge in [-0.25, -0.2) is 9.98 Å². The third-order valence-electron chi connectivity index (χ3n) is 4.02. The lowest BCUT2D eigenvalue weighted by molar-refractivity contribution is -0.119. The van der Waals surface area contributed by atoms with E-state index in [0.29, 0.717) is 18.9 Å². The van der Waals surface area contributed by atoms with Gasteiger partial charge in [-0.2, -0.15) is 0 Å². The predicted molar refractivity (Wildman–Crippen MR) is 94.5 cm³/mol. The van der Waals surface area contributed by atoms with Crippen molar-refractivity contribution in [2.24, 2.45) is 16.6 Å². The van der Waals surface area contributed by atoms with Gasteiger partial charge in [-0.05, 0) is 39.5 Å². The van der Waals surface area contributed by atoms with Crippen molar-refractivity contribution in [2.45, 2.75) is 46.6 Å². The van der Waals surface area contributed by atoms with E-state index in [-0.39, 0.29) is 5.91 Å². The number of piperidine rings is 1. The van der Waals surface area contributed by atoms with E-state index >= 15 is 0 Å². The van der Waals surface area contributed by atoms with E-state index in [1.807, 2.05) is 13.8 Å². The number of aromatic nitrogens is 1. The van der Waals surface area contributed by atoms with Crippen LogP contribution < -0.4 is 11.1 Å². The Morgan fingerprint density at radius 2 is 2.30 bits per heavy atom. The van der Waals surface area contributed by atoms with E-state index in [4.69, 9.17) is 10.7 Å². The minimum atomic E-state index is -0.213. The number of hydrogen-bond donors (Lipinski definition) is 2. The number of nitrogens with zero attached hydrogens (tertiary/aromatic N) is 3. The van der Waals surface area contributed by atoms with Gasteiger partial charge in [0.1, 0.15) is 0 Å². The first-order valence-electron chi connectivity index (χ1n) is 8.24. The molecule has 1 unspecified atom stereocenters. The Hall–Kier alpha value is -1.63. The van der Waals surface area contributed by atoms with Crippen LogP contribution in [0.2, 0.25) is 0 Å². The number of rotatable bonds is 5. The summed E-state index contributed by atoms with van der Waals surface area (Å²) in [6, 6.07) is 0. The van der Waals surface area contributed by atoms with E-state index in [1.54, 1.807) is 11.3 Å². The molecule has 23 heavy (non-hydrogen) atoms. The van der Waals surface area contributed by atoms with Gasteiger partial charge in [0.15, 0.2) is 5.96 Å². The van der Waals surface area contributed by atoms with Crippen LogP contribution >= 0.6 is 11.3 Å². The number of thiazole rings is 1. The highest BCUT2D eigenvalue weighted by Crippen LogP contribution is 2.21. The molecule has 1 aliphatic rings. The fourth-order valence-electron chi connectivity index (χ4n) is 3.00. The lowest BCUT2D eigenvalue weighted by Gasteiger charge is -2.34. The molecule has 2 heterocycles. The maximum absolute atomic E-state index is 11.2. The quantitative estimate of drug-likeness (QED) is 0.634. The monoisotopic (exact) mass is 337 g/mol. The summed E-state index contributed by atoms with van der Waals surface area (Å²) in [5.74, 6) is 1.04. The Bertz CT molecular complexity index is 569. The third-order valence-corrected chi connectivity index (χ3v) is 5.07. The Kier molecular flexibility index (Phi) is 6.38. The molecule has 1 aliphatic heterocycles. The SMILES string of the molecule is CCNC(=NCc1sc(C)nc1C)N1CCCC(CC(N)=O)C1. The van der Waals surface area contributed by atoms with Gasteiger partial charge in [-0.15, -0.1) is 11.3 Å². The number of carbonyl (C=O) groups excluding carboxylic acids is 1. The van der Waals surface area contributed by atoms with Crippen molar-refractivity contribution < 1.29 is 4.79 Å². The van der Waals surface area contributed by atoms with Gasteiger partial charge < -0.3 is 16.0 Å². The highest BCUT2D eigenvalue weighted by Gasteiger charge is 2.23. The van der Waals surface area contributed by atoms with Gasteiger partial charge in [0.25, 0.3) is 0 Å². The first-order valence-corrected chi connectivity index (χ1v) is 9.05. The van der Waals surface area contributed by atoms with Crippen LogP contribution in [0.5, 0.6) is 0 Å². The molecule has 0 radical (unpaired) electrons. The summed E-state index contributed by atoms with van der Waals surface area (Å²) in [5.41, 5.74) is 6.42. The topological polar surface area (TPSA) is 83.6 Å². The van der Waals surface area contributed by atoms with E-state index in [1.165, 1.54) is 4.88 Å². The molecular formula is C16H27N5OS. The molecule has 1 aromatic rings. The van der Waals surface area contributed by atoms with Crippen molar-refractivity contribution in [1.82, 2.24) is 15.2 Å². The first-order chi connectivity index (χ1) is 11.0. The Morgan fingerprint density at radius 1 is 1.52 bits per heavy atom. The molecule has 7 heteroatoms. The zero-order valence-corrected chi connectivity index (χ0v) is 15.1. The van der Waals surface area contributed by atoms with Crippen LogP contribution in [-0.2, 0) is 11.3 Å². The van der Waals surface area contributed by atoms with Gasteiger partial charge >= 0.3 is 0 Å². The van der Waals surface area contributed by atoms with Crippen LogP contribution in [0.3, 0.4) is 0 Å². The van der Waals surface area contributed by atoms with Crippen LogP contribution in [-0.4, -0.2) is 41.4 Å². The van der Waals surface area contributed by atoms with Gasteiger partial charge in [0, 0.05) is 30.9 Å². The van der Waals surface area contributed by atoms with Crippen molar-refractivity contribution in [2.75, 3.05) is 19.6 Å². The maximum atomic E-state index is 11.2. The van der Waals surface area contributed by atoms with Crippen LogP contribution in [0.4, 0.5) is 0 Å². The van der Waals surface area contributed by atoms with E-state index in [9.17, 15) is 4.79 Å². The molecule has 1 saturated heterocycles. The number of guanidine groups is 1. The van der Waals surface area contributed by atoms with Gasteiger partial charge in [0.2, 0.25) is 5.91 Å². The largest absolute Gasteiger partial charge is 0.370 e. The van der Waals surface area contributed by atoms with E-state index < -0.39 is 0 Å². The Labute approximate surface area is 142 Å². The van der Waals surface area contributed by atoms with Crippen LogP contribution in [0.1, 0.15) is 41.8 Å². The number of primary amides is 1. The third kappa shape index (κ3) is 5.20. The molecule has 2 rings (SSSR count). The molecular weight excluding hydrogens is 310 g/mol. The summed E-state index contributed by atoms with van der Waals surface area (Å²) in [6.07, 6.45) is 2.59. The fraction of sp³-hybridized carbons (Fsp3) is 0.688. The highest BCUT2D eigenvalue weighted by molar-refractivity contribution is 7.11. The van der Waals surface area contributed by atoms with Crippen molar-refractivity contribution in [3.63, 3.8) is 0 Å². The molecule has 128 valence electrons. The molecule has 1 atom stereocenters. The number of carbonyl (C=O) groups is 1. The summed E-state index contributed by atoms with van der Waals surface area (Å²) >= 11 is 1.70. The molecule has 0 aliphatic carbocycles. The molecule has 3 N–H and O–H groups in total. The Balaban J connectivity index is 2.05. The smallest absolute Gasteiger partial charge is 0.217 e. The number of hydrogen-bond acceptors (Lipinski definition) is 4. The van der Waals surface area contributed by atoms with Gasteiger partial charge in [-0.3, -0.25) is 4.79 Å². The van der Waals surface area contributed by atoms with Crippen LogP contribution in [0, 0.1) is 19.8 Å². The maximum Gasteiger partial charge on any atom is 0.217 e. The summed E-state index contributed by atoms with van der Waals surface area (Å²) in [5, 5.41) is 4.45. The number of nitrogens with one attached hydrogen (secondary N) is 1. The second-order valence-corrected chi connectivity index (χ2v) is 7.32. The lowest BCUT2D eigenvalue weighted by atomic mass is 9.95. The van der Waals surface area contributed by atoms with Crippen LogP contribution in [0.15, 0.2) is 4.99 Å². The minimum absolute atomic E-state index is 0.213. The molecule has 6 nitrogen and oxygen atoms in total. The average molecular weight is 337 g/mol. The van der Waals surface area contributed by atoms with Crippen molar-refractivity contribution >= 4 is 23.2 Å². The predicted octanol–water partition coefficient (Wildman–Crippen LogP) is 1.81. The number of likely N-dealkylation sites (tertiary alicyclic amines) is 1. The number of amides is 1.